The molecular weight excluding hydrogens is 148 g/mol. The van der Waals surface area contributed by atoms with Crippen molar-refractivity contribution in [2.75, 3.05) is 0 Å². The van der Waals surface area contributed by atoms with E-state index >= 15 is 0 Å². The van der Waals surface area contributed by atoms with Gasteiger partial charge in [0.15, 0.2) is 0 Å². The number of carbonyl (C=O) groups excluding carboxylic acids is 3. The van der Waals surface area contributed by atoms with Crippen molar-refractivity contribution in [3.63, 3.8) is 0 Å². The minimum Gasteiger partial charge on any atom is -0.393 e. The van der Waals surface area contributed by atoms with Crippen LogP contribution in [0.4, 0.5) is 0 Å². The molecule has 0 unspecified atom stereocenters. The van der Waals surface area contributed by atoms with Gasteiger partial charge in [0, 0.05) is 13.3 Å². The minimum absolute atomic E-state index is 0.226. The van der Waals surface area contributed by atoms with Gasteiger partial charge in [-0.1, -0.05) is 6.92 Å². The Morgan fingerprint density at radius 3 is 2.18 bits per heavy atom. The van der Waals surface area contributed by atoms with Crippen LogP contribution in [0.15, 0.2) is 0 Å². The predicted molar refractivity (Wildman–Crippen MR) is 36.7 cm³/mol. The molecule has 0 aromatic heterocycles. The van der Waals surface area contributed by atoms with Gasteiger partial charge in [-0.25, -0.2) is 0 Å². The van der Waals surface area contributed by atoms with Crippen LogP contribution in [0.2, 0.25) is 0 Å². The molecule has 0 radical (unpaired) electrons. The Hall–Kier alpha value is -1.19. The van der Waals surface area contributed by atoms with Gasteiger partial charge in [-0.3, -0.25) is 14.4 Å². The second-order valence-electron chi connectivity index (χ2n) is 2.03. The Labute approximate surface area is 64.5 Å². The van der Waals surface area contributed by atoms with Crippen LogP contribution >= 0.6 is 0 Å². The molecule has 4 heteroatoms. The molecule has 11 heavy (non-hydrogen) atoms. The first kappa shape index (κ1) is 9.81. The molecule has 0 aliphatic heterocycles. The second-order valence-corrected chi connectivity index (χ2v) is 2.03. The van der Waals surface area contributed by atoms with Crippen LogP contribution in [0.25, 0.3) is 0 Å². The van der Waals surface area contributed by atoms with E-state index in [1.54, 1.807) is 6.92 Å². The van der Waals surface area contributed by atoms with E-state index in [4.69, 9.17) is 0 Å². The minimum atomic E-state index is -0.774. The highest BCUT2D eigenvalue weighted by molar-refractivity contribution is 5.98. The van der Waals surface area contributed by atoms with Gasteiger partial charge in [-0.05, 0) is 0 Å². The van der Waals surface area contributed by atoms with Gasteiger partial charge in [0.05, 0.1) is 0 Å². The summed E-state index contributed by atoms with van der Waals surface area (Å²) in [6.07, 6.45) is -0.0247. The molecule has 0 saturated heterocycles. The van der Waals surface area contributed by atoms with Crippen molar-refractivity contribution < 1.29 is 19.1 Å². The van der Waals surface area contributed by atoms with E-state index in [2.05, 4.69) is 4.74 Å². The fraction of sp³-hybridized carbons (Fsp3) is 0.571. The SMILES string of the molecule is CCC(=O)CC(=O)OC(C)=O. The van der Waals surface area contributed by atoms with Crippen molar-refractivity contribution in [1.29, 1.82) is 0 Å². The largest absolute Gasteiger partial charge is 0.393 e. The first-order chi connectivity index (χ1) is 5.06. The van der Waals surface area contributed by atoms with Crippen molar-refractivity contribution in [1.82, 2.24) is 0 Å². The van der Waals surface area contributed by atoms with Crippen molar-refractivity contribution in [2.24, 2.45) is 0 Å². The highest BCUT2D eigenvalue weighted by Gasteiger charge is 2.10. The molecule has 0 rings (SSSR count). The lowest BCUT2D eigenvalue weighted by Crippen LogP contribution is -2.13. The molecule has 0 aliphatic carbocycles. The summed E-state index contributed by atoms with van der Waals surface area (Å²) in [5.41, 5.74) is 0. The molecular formula is C7H10O4. The van der Waals surface area contributed by atoms with Crippen molar-refractivity contribution in [2.45, 2.75) is 26.7 Å². The van der Waals surface area contributed by atoms with Gasteiger partial charge >= 0.3 is 11.9 Å². The third-order valence-corrected chi connectivity index (χ3v) is 0.993. The van der Waals surface area contributed by atoms with Crippen LogP contribution in [0, 0.1) is 0 Å². The van der Waals surface area contributed by atoms with Crippen LogP contribution in [0.3, 0.4) is 0 Å². The van der Waals surface area contributed by atoms with Crippen molar-refractivity contribution in [3.8, 4) is 0 Å². The molecule has 0 spiro atoms. The summed E-state index contributed by atoms with van der Waals surface area (Å²) in [7, 11) is 0. The lowest BCUT2D eigenvalue weighted by molar-refractivity contribution is -0.158. The van der Waals surface area contributed by atoms with Crippen LogP contribution in [0.5, 0.6) is 0 Å². The molecule has 0 N–H and O–H groups in total. The second kappa shape index (κ2) is 4.60. The third-order valence-electron chi connectivity index (χ3n) is 0.993. The van der Waals surface area contributed by atoms with Crippen LogP contribution in [-0.2, 0) is 19.1 Å². The fourth-order valence-electron chi connectivity index (χ4n) is 0.482. The topological polar surface area (TPSA) is 60.4 Å². The van der Waals surface area contributed by atoms with Crippen molar-refractivity contribution in [3.05, 3.63) is 0 Å². The molecule has 0 aromatic carbocycles. The van der Waals surface area contributed by atoms with Crippen molar-refractivity contribution >= 4 is 17.7 Å². The average Bonchev–Trinajstić information content (AvgIpc) is 1.85. The summed E-state index contributed by atoms with van der Waals surface area (Å²) < 4.78 is 4.12. The number of hydrogen-bond donors (Lipinski definition) is 0. The lowest BCUT2D eigenvalue weighted by Gasteiger charge is -1.96. The quantitative estimate of drug-likeness (QED) is 0.441. The number of ketones is 1. The zero-order valence-corrected chi connectivity index (χ0v) is 6.55. The monoisotopic (exact) mass is 158 g/mol. The molecule has 0 aromatic rings. The Bertz CT molecular complexity index is 183. The molecule has 0 saturated carbocycles. The van der Waals surface area contributed by atoms with Gasteiger partial charge in [-0.15, -0.1) is 0 Å². The van der Waals surface area contributed by atoms with Gasteiger partial charge in [-0.2, -0.15) is 0 Å². The Balaban J connectivity index is 3.70. The van der Waals surface area contributed by atoms with E-state index in [0.717, 1.165) is 6.92 Å². The standard InChI is InChI=1S/C7H10O4/c1-3-6(9)4-7(10)11-5(2)8/h3-4H2,1-2H3. The van der Waals surface area contributed by atoms with E-state index in [-0.39, 0.29) is 18.6 Å². The maximum absolute atomic E-state index is 10.6. The number of rotatable bonds is 3. The van der Waals surface area contributed by atoms with Crippen LogP contribution in [-0.4, -0.2) is 17.7 Å². The number of Topliss-reactive ketones (excluding diaryl/α,β-unsaturated/α-hetero) is 1. The van der Waals surface area contributed by atoms with E-state index in [1.165, 1.54) is 0 Å². The molecule has 0 bridgehead atoms. The van der Waals surface area contributed by atoms with Gasteiger partial charge in [0.1, 0.15) is 12.2 Å². The summed E-state index contributed by atoms with van der Waals surface area (Å²) in [6, 6.07) is 0. The molecule has 0 amide bonds. The van der Waals surface area contributed by atoms with E-state index < -0.39 is 11.9 Å². The Morgan fingerprint density at radius 1 is 1.27 bits per heavy atom. The fourth-order valence-corrected chi connectivity index (χ4v) is 0.482. The smallest absolute Gasteiger partial charge is 0.320 e. The maximum atomic E-state index is 10.6. The summed E-state index contributed by atoms with van der Waals surface area (Å²) in [5, 5.41) is 0. The molecule has 0 heterocycles. The normalized spacial score (nSPS) is 8.91. The first-order valence-corrected chi connectivity index (χ1v) is 3.29. The summed E-state index contributed by atoms with van der Waals surface area (Å²) >= 11 is 0. The van der Waals surface area contributed by atoms with Gasteiger partial charge in [0.2, 0.25) is 0 Å². The van der Waals surface area contributed by atoms with E-state index in [0.29, 0.717) is 0 Å². The summed E-state index contributed by atoms with van der Waals surface area (Å²) in [4.78, 5) is 31.3. The summed E-state index contributed by atoms with van der Waals surface area (Å²) in [6.45, 7) is 2.76. The number of esters is 2. The van der Waals surface area contributed by atoms with Crippen LogP contribution in [0.1, 0.15) is 26.7 Å². The maximum Gasteiger partial charge on any atom is 0.320 e. The number of ether oxygens (including phenoxy) is 1. The Kier molecular flexibility index (Phi) is 4.10. The molecule has 0 aliphatic rings. The molecule has 4 nitrogen and oxygen atoms in total. The zero-order valence-electron chi connectivity index (χ0n) is 6.55. The van der Waals surface area contributed by atoms with E-state index in [1.807, 2.05) is 0 Å². The van der Waals surface area contributed by atoms with Gasteiger partial charge < -0.3 is 4.74 Å². The molecule has 0 atom stereocenters. The Morgan fingerprint density at radius 2 is 1.82 bits per heavy atom. The van der Waals surface area contributed by atoms with E-state index in [9.17, 15) is 14.4 Å². The number of carbonyl (C=O) groups is 3. The average molecular weight is 158 g/mol. The first-order valence-electron chi connectivity index (χ1n) is 3.29. The van der Waals surface area contributed by atoms with Crippen LogP contribution < -0.4 is 0 Å². The lowest BCUT2D eigenvalue weighted by atomic mass is 10.2. The summed E-state index contributed by atoms with van der Waals surface area (Å²) in [5.74, 6) is -1.68. The molecule has 62 valence electrons. The predicted octanol–water partition coefficient (Wildman–Crippen LogP) is 0.445. The number of hydrogen-bond acceptors (Lipinski definition) is 4. The third kappa shape index (κ3) is 5.26. The molecule has 0 fully saturated rings. The van der Waals surface area contributed by atoms with Gasteiger partial charge in [0.25, 0.3) is 0 Å². The zero-order chi connectivity index (χ0) is 8.85. The highest BCUT2D eigenvalue weighted by Crippen LogP contribution is 1.92. The highest BCUT2D eigenvalue weighted by atomic mass is 16.6.